The fraction of sp³-hybridized carbons (Fsp3) is 0.429. The Morgan fingerprint density at radius 3 is 2.96 bits per heavy atom. The predicted molar refractivity (Wildman–Crippen MR) is 95.8 cm³/mol. The maximum Gasteiger partial charge on any atom is 0.342 e. The van der Waals surface area contributed by atoms with E-state index in [-0.39, 0.29) is 12.1 Å². The lowest BCUT2D eigenvalue weighted by Gasteiger charge is -2.41. The second-order valence-corrected chi connectivity index (χ2v) is 7.54. The number of fused-ring (bicyclic) bond motifs is 4. The lowest BCUT2D eigenvalue weighted by molar-refractivity contribution is 0.251. The first-order valence-electron chi connectivity index (χ1n) is 9.14. The van der Waals surface area contributed by atoms with Crippen molar-refractivity contribution in [2.75, 3.05) is 0 Å². The minimum atomic E-state index is -0.206. The molecule has 1 N–H and O–H groups in total. The molecule has 0 aromatic carbocycles. The van der Waals surface area contributed by atoms with E-state index in [1.54, 1.807) is 5.57 Å². The van der Waals surface area contributed by atoms with Crippen molar-refractivity contribution in [3.8, 4) is 0 Å². The lowest BCUT2D eigenvalue weighted by atomic mass is 9.64. The maximum absolute atomic E-state index is 11.5. The summed E-state index contributed by atoms with van der Waals surface area (Å²) in [7, 11) is 0. The summed E-state index contributed by atoms with van der Waals surface area (Å²) in [4.78, 5) is 15.5. The number of amides is 2. The van der Waals surface area contributed by atoms with Crippen molar-refractivity contribution < 1.29 is 4.79 Å². The van der Waals surface area contributed by atoms with Crippen molar-refractivity contribution in [1.29, 1.82) is 0 Å². The molecule has 0 aromatic rings. The van der Waals surface area contributed by atoms with Crippen molar-refractivity contribution in [3.05, 3.63) is 59.3 Å². The number of allylic oxidation sites excluding steroid dienone is 8. The zero-order valence-electron chi connectivity index (χ0n) is 13.7. The molecule has 1 heterocycles. The number of urea groups is 1. The summed E-state index contributed by atoms with van der Waals surface area (Å²) in [5.41, 5.74) is 5.44. The van der Waals surface area contributed by atoms with E-state index in [9.17, 15) is 4.79 Å². The van der Waals surface area contributed by atoms with Crippen molar-refractivity contribution in [1.82, 2.24) is 5.32 Å². The zero-order valence-corrected chi connectivity index (χ0v) is 13.7. The number of nitrogens with zero attached hydrogens (tertiary/aromatic N) is 1. The van der Waals surface area contributed by atoms with Crippen LogP contribution in [-0.2, 0) is 0 Å². The normalized spacial score (nSPS) is 36.6. The summed E-state index contributed by atoms with van der Waals surface area (Å²) in [6, 6.07) is -0.212. The van der Waals surface area contributed by atoms with E-state index < -0.39 is 0 Å². The number of rotatable bonds is 1. The van der Waals surface area contributed by atoms with Gasteiger partial charge in [-0.3, -0.25) is 0 Å². The van der Waals surface area contributed by atoms with Crippen LogP contribution in [0.2, 0.25) is 0 Å². The second kappa shape index (κ2) is 5.44. The van der Waals surface area contributed by atoms with E-state index in [1.165, 1.54) is 43.3 Å². The first kappa shape index (κ1) is 14.2. The van der Waals surface area contributed by atoms with Gasteiger partial charge in [0, 0.05) is 0 Å². The van der Waals surface area contributed by atoms with Gasteiger partial charge in [-0.1, -0.05) is 42.0 Å². The predicted octanol–water partition coefficient (Wildman–Crippen LogP) is 4.26. The van der Waals surface area contributed by atoms with Gasteiger partial charge < -0.3 is 5.32 Å². The largest absolute Gasteiger partial charge is 0.342 e. The summed E-state index contributed by atoms with van der Waals surface area (Å²) in [6.45, 7) is 0. The van der Waals surface area contributed by atoms with E-state index in [2.05, 4.69) is 46.8 Å². The van der Waals surface area contributed by atoms with Crippen LogP contribution in [0, 0.1) is 17.8 Å². The molecule has 1 aliphatic heterocycles. The molecule has 0 radical (unpaired) electrons. The fourth-order valence-corrected chi connectivity index (χ4v) is 5.03. The Labute approximate surface area is 142 Å². The Hall–Kier alpha value is -2.16. The number of carbonyl (C=O) groups is 1. The third kappa shape index (κ3) is 2.26. The molecule has 0 spiro atoms. The van der Waals surface area contributed by atoms with Gasteiger partial charge in [0.15, 0.2) is 0 Å². The van der Waals surface area contributed by atoms with Crippen LogP contribution in [0.5, 0.6) is 0 Å². The first-order chi connectivity index (χ1) is 11.8. The summed E-state index contributed by atoms with van der Waals surface area (Å²) in [6.07, 6.45) is 22.0. The van der Waals surface area contributed by atoms with Gasteiger partial charge in [-0.2, -0.15) is 4.99 Å². The van der Waals surface area contributed by atoms with Gasteiger partial charge in [-0.05, 0) is 67.1 Å². The van der Waals surface area contributed by atoms with Gasteiger partial charge in [0.2, 0.25) is 0 Å². The van der Waals surface area contributed by atoms with Gasteiger partial charge >= 0.3 is 6.03 Å². The Kier molecular flexibility index (Phi) is 3.22. The number of aliphatic imine (C=N–C) groups is 1. The molecule has 24 heavy (non-hydrogen) atoms. The first-order valence-corrected chi connectivity index (χ1v) is 9.14. The van der Waals surface area contributed by atoms with Crippen LogP contribution in [0.1, 0.15) is 32.1 Å². The smallest absolute Gasteiger partial charge is 0.324 e. The van der Waals surface area contributed by atoms with Crippen LogP contribution >= 0.6 is 0 Å². The van der Waals surface area contributed by atoms with E-state index in [4.69, 9.17) is 0 Å². The number of hydrogen-bond acceptors (Lipinski definition) is 1. The molecular weight excluding hydrogens is 296 g/mol. The molecule has 1 fully saturated rings. The van der Waals surface area contributed by atoms with Gasteiger partial charge in [-0.15, -0.1) is 0 Å². The number of hydrogen-bond donors (Lipinski definition) is 1. The highest BCUT2D eigenvalue weighted by Crippen LogP contribution is 2.48. The molecule has 2 amide bonds. The van der Waals surface area contributed by atoms with Crippen LogP contribution in [-0.4, -0.2) is 17.8 Å². The molecule has 4 unspecified atom stereocenters. The van der Waals surface area contributed by atoms with Crippen molar-refractivity contribution >= 4 is 11.7 Å². The van der Waals surface area contributed by atoms with E-state index in [0.717, 1.165) is 5.71 Å². The monoisotopic (exact) mass is 318 g/mol. The van der Waals surface area contributed by atoms with Crippen LogP contribution in [0.3, 0.4) is 0 Å². The molecule has 122 valence electrons. The van der Waals surface area contributed by atoms with Gasteiger partial charge in [0.05, 0.1) is 11.8 Å². The molecule has 5 aliphatic rings. The average molecular weight is 318 g/mol. The Bertz CT molecular complexity index is 778. The SMILES string of the molecule is O=C1N=C2C=CC(C3CCC4=CC=C5C=CCCC5C4C3)=CC2N1. The molecule has 0 saturated heterocycles. The molecule has 0 aromatic heterocycles. The van der Waals surface area contributed by atoms with E-state index in [1.807, 2.05) is 6.08 Å². The minimum Gasteiger partial charge on any atom is -0.324 e. The van der Waals surface area contributed by atoms with E-state index >= 15 is 0 Å². The Morgan fingerprint density at radius 2 is 2.00 bits per heavy atom. The maximum atomic E-state index is 11.5. The highest BCUT2D eigenvalue weighted by molar-refractivity contribution is 6.12. The highest BCUT2D eigenvalue weighted by Gasteiger charge is 2.37. The minimum absolute atomic E-state index is 0.00568. The molecule has 4 atom stereocenters. The zero-order chi connectivity index (χ0) is 16.1. The number of nitrogens with one attached hydrogen (secondary N) is 1. The molecule has 3 heteroatoms. The van der Waals surface area contributed by atoms with Crippen molar-refractivity contribution in [2.45, 2.75) is 38.1 Å². The Morgan fingerprint density at radius 1 is 1.04 bits per heavy atom. The van der Waals surface area contributed by atoms with Crippen LogP contribution < -0.4 is 5.32 Å². The summed E-state index contributed by atoms with van der Waals surface area (Å²) < 4.78 is 0. The van der Waals surface area contributed by atoms with Gasteiger partial charge in [0.1, 0.15) is 0 Å². The molecule has 5 rings (SSSR count). The molecule has 1 saturated carbocycles. The molecular formula is C21H22N2O. The van der Waals surface area contributed by atoms with Gasteiger partial charge in [0.25, 0.3) is 0 Å². The van der Waals surface area contributed by atoms with E-state index in [0.29, 0.717) is 17.8 Å². The second-order valence-electron chi connectivity index (χ2n) is 7.54. The quantitative estimate of drug-likeness (QED) is 0.771. The third-order valence-corrected chi connectivity index (χ3v) is 6.26. The van der Waals surface area contributed by atoms with Crippen LogP contribution in [0.4, 0.5) is 4.79 Å². The van der Waals surface area contributed by atoms with Crippen molar-refractivity contribution in [3.63, 3.8) is 0 Å². The standard InChI is InChI=1S/C21H22N2O/c24-21-22-19-10-9-16(12-20(19)23-21)15-8-7-14-6-5-13-3-1-2-4-17(13)18(14)11-15/h1,3,5-6,9-10,12,15,17-18,20H,2,4,7-8,11H2,(H,23,24). The third-order valence-electron chi connectivity index (χ3n) is 6.26. The topological polar surface area (TPSA) is 41.5 Å². The fourth-order valence-electron chi connectivity index (χ4n) is 5.03. The summed E-state index contributed by atoms with van der Waals surface area (Å²) in [5, 5.41) is 2.93. The molecule has 3 nitrogen and oxygen atoms in total. The number of carbonyl (C=O) groups excluding carboxylic acids is 1. The lowest BCUT2D eigenvalue weighted by Crippen LogP contribution is -2.33. The summed E-state index contributed by atoms with van der Waals surface area (Å²) in [5.74, 6) is 2.03. The summed E-state index contributed by atoms with van der Waals surface area (Å²) >= 11 is 0. The average Bonchev–Trinajstić information content (AvgIpc) is 3.00. The molecule has 4 aliphatic carbocycles. The molecule has 0 bridgehead atoms. The Balaban J connectivity index is 1.38. The van der Waals surface area contributed by atoms with Gasteiger partial charge in [-0.25, -0.2) is 4.79 Å². The van der Waals surface area contributed by atoms with Crippen molar-refractivity contribution in [2.24, 2.45) is 22.7 Å². The highest BCUT2D eigenvalue weighted by atomic mass is 16.2. The van der Waals surface area contributed by atoms with Crippen LogP contribution in [0.15, 0.2) is 64.2 Å². The van der Waals surface area contributed by atoms with Crippen LogP contribution in [0.25, 0.3) is 0 Å².